The predicted molar refractivity (Wildman–Crippen MR) is 105 cm³/mol. The molecule has 146 valence electrons. The molecule has 1 N–H and O–H groups in total. The molecule has 0 aliphatic heterocycles. The molecule has 0 spiro atoms. The van der Waals surface area contributed by atoms with E-state index < -0.39 is 6.67 Å². The minimum atomic E-state index is -0.765. The van der Waals surface area contributed by atoms with Crippen molar-refractivity contribution in [1.82, 2.24) is 24.5 Å². The maximum absolute atomic E-state index is 13.5. The van der Waals surface area contributed by atoms with Crippen molar-refractivity contribution in [2.75, 3.05) is 12.4 Å². The predicted octanol–water partition coefficient (Wildman–Crippen LogP) is 3.25. The molecule has 0 fully saturated rings. The highest BCUT2D eigenvalue weighted by Crippen LogP contribution is 2.25. The monoisotopic (exact) mass is 392 g/mol. The van der Waals surface area contributed by atoms with Gasteiger partial charge in [-0.2, -0.15) is 0 Å². The van der Waals surface area contributed by atoms with Gasteiger partial charge in [0, 0.05) is 24.0 Å². The van der Waals surface area contributed by atoms with Gasteiger partial charge in [-0.3, -0.25) is 14.3 Å². The number of fused-ring (bicyclic) bond motifs is 1. The number of carbonyl (C=O) groups is 1. The smallest absolute Gasteiger partial charge is 0.257 e. The number of anilines is 1. The van der Waals surface area contributed by atoms with Crippen molar-refractivity contribution < 1.29 is 13.9 Å². The first-order valence-electron chi connectivity index (χ1n) is 8.76. The Labute approximate surface area is 165 Å². The molecule has 0 radical (unpaired) electrons. The minimum absolute atomic E-state index is 0.201. The van der Waals surface area contributed by atoms with Crippen molar-refractivity contribution in [2.45, 2.75) is 13.6 Å². The number of methoxy groups -OCH3 is 1. The first kappa shape index (κ1) is 18.5. The summed E-state index contributed by atoms with van der Waals surface area (Å²) in [6, 6.07) is 6.89. The van der Waals surface area contributed by atoms with E-state index >= 15 is 0 Å². The summed E-state index contributed by atoms with van der Waals surface area (Å²) in [5, 5.41) is 2.70. The Morgan fingerprint density at radius 1 is 1.21 bits per heavy atom. The molecule has 0 saturated heterocycles. The molecule has 3 heterocycles. The van der Waals surface area contributed by atoms with Gasteiger partial charge in [-0.15, -0.1) is 0 Å². The largest absolute Gasteiger partial charge is 0.497 e. The molecular formula is C20H17FN6O2. The number of amides is 1. The first-order chi connectivity index (χ1) is 14.1. The molecule has 0 atom stereocenters. The van der Waals surface area contributed by atoms with E-state index in [2.05, 4.69) is 25.3 Å². The third kappa shape index (κ3) is 3.49. The summed E-state index contributed by atoms with van der Waals surface area (Å²) >= 11 is 0. The van der Waals surface area contributed by atoms with Crippen molar-refractivity contribution in [3.63, 3.8) is 0 Å². The lowest BCUT2D eigenvalue weighted by Crippen LogP contribution is -2.15. The number of imidazole rings is 1. The maximum Gasteiger partial charge on any atom is 0.257 e. The van der Waals surface area contributed by atoms with Gasteiger partial charge in [-0.25, -0.2) is 19.3 Å². The summed E-state index contributed by atoms with van der Waals surface area (Å²) in [6.45, 7) is 1.03. The Morgan fingerprint density at radius 2 is 2.07 bits per heavy atom. The fourth-order valence-corrected chi connectivity index (χ4v) is 2.99. The van der Waals surface area contributed by atoms with Crippen LogP contribution in [0.2, 0.25) is 0 Å². The molecule has 0 unspecified atom stereocenters. The Hall–Kier alpha value is -3.88. The van der Waals surface area contributed by atoms with Crippen molar-refractivity contribution in [2.24, 2.45) is 0 Å². The van der Waals surface area contributed by atoms with Gasteiger partial charge in [0.2, 0.25) is 0 Å². The number of nitrogens with one attached hydrogen (secondary N) is 1. The second-order valence-corrected chi connectivity index (χ2v) is 6.26. The molecule has 1 amide bonds. The number of pyridine rings is 1. The van der Waals surface area contributed by atoms with Crippen LogP contribution in [0.4, 0.5) is 10.2 Å². The van der Waals surface area contributed by atoms with Crippen molar-refractivity contribution >= 4 is 22.8 Å². The molecule has 4 rings (SSSR count). The lowest BCUT2D eigenvalue weighted by molar-refractivity contribution is 0.102. The Morgan fingerprint density at radius 3 is 2.76 bits per heavy atom. The second-order valence-electron chi connectivity index (χ2n) is 6.26. The lowest BCUT2D eigenvalue weighted by Gasteiger charge is -2.09. The number of nitrogens with zero attached hydrogens (tertiary/aromatic N) is 5. The number of carbonyl (C=O) groups excluding carboxylic acids is 1. The van der Waals surface area contributed by atoms with Crippen LogP contribution in [0.1, 0.15) is 21.7 Å². The van der Waals surface area contributed by atoms with Gasteiger partial charge in [0.25, 0.3) is 5.91 Å². The number of halogens is 1. The number of ether oxygens (including phenoxy) is 1. The van der Waals surface area contributed by atoms with E-state index in [1.54, 1.807) is 55.3 Å². The summed E-state index contributed by atoms with van der Waals surface area (Å²) in [5.74, 6) is 1.17. The zero-order chi connectivity index (χ0) is 20.4. The SMILES string of the molecule is COc1ccc2nc(CF)n(-c3cnc(NC(=O)c4ccncc4C)cn3)c2c1. The molecule has 29 heavy (non-hydrogen) atoms. The Bertz CT molecular complexity index is 1190. The molecule has 1 aromatic carbocycles. The van der Waals surface area contributed by atoms with E-state index in [1.807, 2.05) is 0 Å². The average molecular weight is 392 g/mol. The fraction of sp³-hybridized carbons (Fsp3) is 0.150. The van der Waals surface area contributed by atoms with E-state index in [1.165, 1.54) is 12.4 Å². The van der Waals surface area contributed by atoms with Crippen LogP contribution in [0, 0.1) is 6.92 Å². The zero-order valence-electron chi connectivity index (χ0n) is 15.8. The molecule has 9 heteroatoms. The van der Waals surface area contributed by atoms with Crippen molar-refractivity contribution in [3.8, 4) is 11.6 Å². The van der Waals surface area contributed by atoms with Crippen LogP contribution in [0.15, 0.2) is 49.1 Å². The molecule has 0 aliphatic rings. The molecule has 0 bridgehead atoms. The number of hydrogen-bond acceptors (Lipinski definition) is 6. The van der Waals surface area contributed by atoms with Gasteiger partial charge in [0.15, 0.2) is 11.6 Å². The van der Waals surface area contributed by atoms with Crippen LogP contribution < -0.4 is 10.1 Å². The quantitative estimate of drug-likeness (QED) is 0.560. The lowest BCUT2D eigenvalue weighted by atomic mass is 10.1. The van der Waals surface area contributed by atoms with Gasteiger partial charge >= 0.3 is 0 Å². The molecular weight excluding hydrogens is 375 g/mol. The van der Waals surface area contributed by atoms with Crippen LogP contribution in [0.5, 0.6) is 5.75 Å². The number of aromatic nitrogens is 5. The summed E-state index contributed by atoms with van der Waals surface area (Å²) in [4.78, 5) is 29.2. The third-order valence-electron chi connectivity index (χ3n) is 4.42. The second kappa shape index (κ2) is 7.63. The van der Waals surface area contributed by atoms with E-state index in [4.69, 9.17) is 4.74 Å². The van der Waals surface area contributed by atoms with Crippen LogP contribution in [0.25, 0.3) is 16.9 Å². The first-order valence-corrected chi connectivity index (χ1v) is 8.76. The highest BCUT2D eigenvalue weighted by atomic mass is 19.1. The van der Waals surface area contributed by atoms with Crippen molar-refractivity contribution in [3.05, 3.63) is 66.0 Å². The molecule has 3 aromatic heterocycles. The van der Waals surface area contributed by atoms with Crippen LogP contribution in [-0.2, 0) is 6.67 Å². The van der Waals surface area contributed by atoms with E-state index in [0.717, 1.165) is 5.56 Å². The molecule has 0 saturated carbocycles. The number of aryl methyl sites for hydroxylation is 1. The Balaban J connectivity index is 1.66. The van der Waals surface area contributed by atoms with E-state index in [-0.39, 0.29) is 17.5 Å². The van der Waals surface area contributed by atoms with E-state index in [0.29, 0.717) is 28.2 Å². The molecule has 8 nitrogen and oxygen atoms in total. The van der Waals surface area contributed by atoms with Crippen molar-refractivity contribution in [1.29, 1.82) is 0 Å². The topological polar surface area (TPSA) is 94.8 Å². The highest BCUT2D eigenvalue weighted by Gasteiger charge is 2.15. The van der Waals surface area contributed by atoms with Gasteiger partial charge in [-0.05, 0) is 30.7 Å². The Kier molecular flexibility index (Phi) is 4.86. The number of benzene rings is 1. The summed E-state index contributed by atoms with van der Waals surface area (Å²) in [5.41, 5.74) is 2.51. The number of rotatable bonds is 5. The molecule has 0 aliphatic carbocycles. The zero-order valence-corrected chi connectivity index (χ0v) is 15.8. The van der Waals surface area contributed by atoms with E-state index in [9.17, 15) is 9.18 Å². The summed E-state index contributed by atoms with van der Waals surface area (Å²) in [7, 11) is 1.56. The van der Waals surface area contributed by atoms with Gasteiger partial charge in [0.05, 0.1) is 30.5 Å². The van der Waals surface area contributed by atoms with Crippen LogP contribution in [-0.4, -0.2) is 37.5 Å². The van der Waals surface area contributed by atoms with Gasteiger partial charge < -0.3 is 10.1 Å². The third-order valence-corrected chi connectivity index (χ3v) is 4.42. The standard InChI is InChI=1S/C20H17FN6O2/c1-12-9-22-6-5-14(12)20(28)26-17-10-24-19(11-23-17)27-16-7-13(29-2)3-4-15(16)25-18(27)8-21/h3-7,9-11H,8H2,1-2H3,(H,23,26,28). The highest BCUT2D eigenvalue weighted by molar-refractivity contribution is 6.04. The number of alkyl halides is 1. The fourth-order valence-electron chi connectivity index (χ4n) is 2.99. The van der Waals surface area contributed by atoms with Crippen LogP contribution in [0.3, 0.4) is 0 Å². The van der Waals surface area contributed by atoms with Crippen LogP contribution >= 0.6 is 0 Å². The van der Waals surface area contributed by atoms with Gasteiger partial charge in [0.1, 0.15) is 18.2 Å². The summed E-state index contributed by atoms with van der Waals surface area (Å²) in [6.07, 6.45) is 6.03. The maximum atomic E-state index is 13.5. The molecule has 4 aromatic rings. The normalized spacial score (nSPS) is 10.9. The average Bonchev–Trinajstić information content (AvgIpc) is 3.12. The van der Waals surface area contributed by atoms with Gasteiger partial charge in [-0.1, -0.05) is 0 Å². The summed E-state index contributed by atoms with van der Waals surface area (Å²) < 4.78 is 20.4. The minimum Gasteiger partial charge on any atom is -0.497 e. The number of hydrogen-bond donors (Lipinski definition) is 1.